The molecule has 4 heteroatoms. The topological polar surface area (TPSA) is 33.7 Å². The summed E-state index contributed by atoms with van der Waals surface area (Å²) in [7, 11) is 1.77. The number of hydrogen-bond acceptors (Lipinski definition) is 4. The summed E-state index contributed by atoms with van der Waals surface area (Å²) in [5, 5.41) is 3.38. The molecule has 0 amide bonds. The molecule has 0 spiro atoms. The molecule has 4 nitrogen and oxygen atoms in total. The van der Waals surface area contributed by atoms with E-state index in [-0.39, 0.29) is 0 Å². The Hall–Kier alpha value is -0.160. The van der Waals surface area contributed by atoms with Crippen molar-refractivity contribution < 1.29 is 9.47 Å². The Morgan fingerprint density at radius 1 is 1.57 bits per heavy atom. The van der Waals surface area contributed by atoms with Gasteiger partial charge in [0.15, 0.2) is 0 Å². The van der Waals surface area contributed by atoms with Gasteiger partial charge in [0, 0.05) is 38.8 Å². The maximum absolute atomic E-state index is 5.72. The third-order valence-corrected chi connectivity index (χ3v) is 3.21. The first-order valence-electron chi connectivity index (χ1n) is 5.40. The lowest BCUT2D eigenvalue weighted by Crippen LogP contribution is -2.55. The number of nitrogens with zero attached hydrogens (tertiary/aromatic N) is 1. The first-order chi connectivity index (χ1) is 6.83. The van der Waals surface area contributed by atoms with Crippen LogP contribution in [0.1, 0.15) is 6.92 Å². The van der Waals surface area contributed by atoms with E-state index >= 15 is 0 Å². The lowest BCUT2D eigenvalue weighted by molar-refractivity contribution is -0.0700. The van der Waals surface area contributed by atoms with Gasteiger partial charge in [0.25, 0.3) is 0 Å². The Kier molecular flexibility index (Phi) is 3.38. The second kappa shape index (κ2) is 4.57. The molecular weight excluding hydrogens is 180 g/mol. The molecule has 3 unspecified atom stereocenters. The molecule has 1 N–H and O–H groups in total. The predicted octanol–water partition coefficient (Wildman–Crippen LogP) is -0.306. The molecule has 2 heterocycles. The van der Waals surface area contributed by atoms with Crippen LogP contribution in [0.3, 0.4) is 0 Å². The number of methoxy groups -OCH3 is 1. The molecule has 14 heavy (non-hydrogen) atoms. The molecule has 3 atom stereocenters. The minimum Gasteiger partial charge on any atom is -0.383 e. The van der Waals surface area contributed by atoms with Crippen LogP contribution in [0.15, 0.2) is 0 Å². The minimum atomic E-state index is 0.392. The highest BCUT2D eigenvalue weighted by Crippen LogP contribution is 2.19. The van der Waals surface area contributed by atoms with E-state index in [0.29, 0.717) is 18.2 Å². The van der Waals surface area contributed by atoms with Gasteiger partial charge in [-0.15, -0.1) is 0 Å². The molecule has 0 aromatic carbocycles. The van der Waals surface area contributed by atoms with E-state index in [4.69, 9.17) is 9.47 Å². The van der Waals surface area contributed by atoms with E-state index < -0.39 is 0 Å². The van der Waals surface area contributed by atoms with Crippen molar-refractivity contribution in [2.75, 3.05) is 40.0 Å². The predicted molar refractivity (Wildman–Crippen MR) is 54.4 cm³/mol. The summed E-state index contributed by atoms with van der Waals surface area (Å²) in [5.41, 5.74) is 0. The maximum Gasteiger partial charge on any atom is 0.0867 e. The van der Waals surface area contributed by atoms with Gasteiger partial charge in [0.05, 0.1) is 19.3 Å². The molecule has 2 rings (SSSR count). The van der Waals surface area contributed by atoms with Crippen molar-refractivity contribution in [1.29, 1.82) is 0 Å². The lowest BCUT2D eigenvalue weighted by Gasteiger charge is -2.40. The molecule has 0 bridgehead atoms. The smallest absolute Gasteiger partial charge is 0.0867 e. The molecule has 0 aromatic rings. The molecule has 0 radical (unpaired) electrons. The Bertz CT molecular complexity index is 189. The second-order valence-electron chi connectivity index (χ2n) is 4.18. The van der Waals surface area contributed by atoms with Crippen molar-refractivity contribution >= 4 is 0 Å². The third kappa shape index (κ3) is 1.93. The van der Waals surface area contributed by atoms with Crippen molar-refractivity contribution in [2.45, 2.75) is 25.1 Å². The average molecular weight is 200 g/mol. The van der Waals surface area contributed by atoms with Gasteiger partial charge >= 0.3 is 0 Å². The zero-order chi connectivity index (χ0) is 9.97. The quantitative estimate of drug-likeness (QED) is 0.678. The molecule has 0 aromatic heterocycles. The molecule has 0 aliphatic carbocycles. The Morgan fingerprint density at radius 3 is 3.21 bits per heavy atom. The largest absolute Gasteiger partial charge is 0.383 e. The van der Waals surface area contributed by atoms with Crippen molar-refractivity contribution in [3.05, 3.63) is 0 Å². The van der Waals surface area contributed by atoms with Crippen LogP contribution in [-0.4, -0.2) is 63.0 Å². The van der Waals surface area contributed by atoms with Crippen LogP contribution < -0.4 is 5.32 Å². The fourth-order valence-corrected chi connectivity index (χ4v) is 2.50. The van der Waals surface area contributed by atoms with Crippen LogP contribution in [0.4, 0.5) is 0 Å². The van der Waals surface area contributed by atoms with Crippen LogP contribution in [0.25, 0.3) is 0 Å². The third-order valence-electron chi connectivity index (χ3n) is 3.21. The van der Waals surface area contributed by atoms with Gasteiger partial charge < -0.3 is 14.8 Å². The standard InChI is InChI=1S/C10H20N2O2/c1-8(7-13-2)12-3-4-14-10-6-11-5-9(10)12/h8-11H,3-7H2,1-2H3. The number of fused-ring (bicyclic) bond motifs is 1. The number of nitrogens with one attached hydrogen (secondary N) is 1. The molecule has 82 valence electrons. The van der Waals surface area contributed by atoms with Crippen molar-refractivity contribution in [3.63, 3.8) is 0 Å². The van der Waals surface area contributed by atoms with E-state index in [1.807, 2.05) is 0 Å². The van der Waals surface area contributed by atoms with E-state index in [2.05, 4.69) is 17.1 Å². The second-order valence-corrected chi connectivity index (χ2v) is 4.18. The molecule has 2 aliphatic heterocycles. The van der Waals surface area contributed by atoms with E-state index in [0.717, 1.165) is 32.8 Å². The first-order valence-corrected chi connectivity index (χ1v) is 5.40. The maximum atomic E-state index is 5.72. The molecule has 2 fully saturated rings. The Labute approximate surface area is 85.5 Å². The summed E-state index contributed by atoms with van der Waals surface area (Å²) < 4.78 is 10.9. The molecule has 2 aliphatic rings. The number of ether oxygens (including phenoxy) is 2. The van der Waals surface area contributed by atoms with Crippen LogP contribution >= 0.6 is 0 Å². The monoisotopic (exact) mass is 200 g/mol. The van der Waals surface area contributed by atoms with Crippen LogP contribution in [0, 0.1) is 0 Å². The van der Waals surface area contributed by atoms with Gasteiger partial charge in [-0.1, -0.05) is 0 Å². The number of hydrogen-bond donors (Lipinski definition) is 1. The summed E-state index contributed by atoms with van der Waals surface area (Å²) in [6.07, 6.45) is 0.392. The lowest BCUT2D eigenvalue weighted by atomic mass is 10.1. The molecular formula is C10H20N2O2. The van der Waals surface area contributed by atoms with Crippen molar-refractivity contribution in [3.8, 4) is 0 Å². The van der Waals surface area contributed by atoms with Crippen LogP contribution in [-0.2, 0) is 9.47 Å². The van der Waals surface area contributed by atoms with Gasteiger partial charge in [-0.2, -0.15) is 0 Å². The SMILES string of the molecule is COCC(C)N1CCOC2CNCC21. The first kappa shape index (κ1) is 10.4. The Balaban J connectivity index is 1.95. The average Bonchev–Trinajstić information content (AvgIpc) is 2.65. The summed E-state index contributed by atoms with van der Waals surface area (Å²) >= 11 is 0. The molecule has 2 saturated heterocycles. The fourth-order valence-electron chi connectivity index (χ4n) is 2.50. The van der Waals surface area contributed by atoms with Gasteiger partial charge in [-0.25, -0.2) is 0 Å². The Morgan fingerprint density at radius 2 is 2.43 bits per heavy atom. The molecule has 0 saturated carbocycles. The normalized spacial score (nSPS) is 35.6. The van der Waals surface area contributed by atoms with Gasteiger partial charge in [-0.05, 0) is 6.92 Å². The van der Waals surface area contributed by atoms with Gasteiger partial charge in [-0.3, -0.25) is 4.90 Å². The zero-order valence-corrected chi connectivity index (χ0v) is 9.03. The van der Waals surface area contributed by atoms with Gasteiger partial charge in [0.1, 0.15) is 0 Å². The van der Waals surface area contributed by atoms with Crippen molar-refractivity contribution in [2.24, 2.45) is 0 Å². The highest BCUT2D eigenvalue weighted by atomic mass is 16.5. The van der Waals surface area contributed by atoms with E-state index in [9.17, 15) is 0 Å². The summed E-state index contributed by atoms with van der Waals surface area (Å²) in [4.78, 5) is 2.51. The summed E-state index contributed by atoms with van der Waals surface area (Å²) in [6.45, 7) is 6.98. The van der Waals surface area contributed by atoms with Crippen molar-refractivity contribution in [1.82, 2.24) is 10.2 Å². The van der Waals surface area contributed by atoms with Gasteiger partial charge in [0.2, 0.25) is 0 Å². The fraction of sp³-hybridized carbons (Fsp3) is 1.00. The zero-order valence-electron chi connectivity index (χ0n) is 9.03. The van der Waals surface area contributed by atoms with E-state index in [1.54, 1.807) is 7.11 Å². The summed E-state index contributed by atoms with van der Waals surface area (Å²) in [6, 6.07) is 1.05. The number of morpholine rings is 1. The summed E-state index contributed by atoms with van der Waals surface area (Å²) in [5.74, 6) is 0. The minimum absolute atomic E-state index is 0.392. The highest BCUT2D eigenvalue weighted by molar-refractivity contribution is 4.94. The van der Waals surface area contributed by atoms with Crippen LogP contribution in [0.2, 0.25) is 0 Å². The van der Waals surface area contributed by atoms with E-state index in [1.165, 1.54) is 0 Å². The van der Waals surface area contributed by atoms with Crippen LogP contribution in [0.5, 0.6) is 0 Å². The number of rotatable bonds is 3. The highest BCUT2D eigenvalue weighted by Gasteiger charge is 2.37.